The molecule has 188 valence electrons. The van der Waals surface area contributed by atoms with E-state index in [-0.39, 0.29) is 22.3 Å². The zero-order chi connectivity index (χ0) is 25.6. The number of alkyl carbamates (subject to hydrolysis) is 1. The van der Waals surface area contributed by atoms with Crippen LogP contribution in [0.4, 0.5) is 4.79 Å². The van der Waals surface area contributed by atoms with Crippen LogP contribution in [0.2, 0.25) is 18.1 Å². The number of rotatable bonds is 10. The van der Waals surface area contributed by atoms with Gasteiger partial charge in [0.25, 0.3) is 0 Å². The van der Waals surface area contributed by atoms with E-state index in [1.165, 1.54) is 0 Å². The van der Waals surface area contributed by atoms with Gasteiger partial charge in [-0.05, 0) is 42.8 Å². The molecule has 0 aliphatic rings. The van der Waals surface area contributed by atoms with E-state index < -0.39 is 36.4 Å². The van der Waals surface area contributed by atoms with E-state index in [0.29, 0.717) is 5.33 Å². The highest BCUT2D eigenvalue weighted by atomic mass is 79.9. The molecule has 1 amide bonds. The van der Waals surface area contributed by atoms with E-state index in [2.05, 4.69) is 55.1 Å². The second-order valence-electron chi connectivity index (χ2n) is 9.98. The summed E-state index contributed by atoms with van der Waals surface area (Å²) in [5.41, 5.74) is 1.85. The molecule has 0 heterocycles. The number of carbonyl (C=O) groups excluding carboxylic acids is 1. The van der Waals surface area contributed by atoms with Gasteiger partial charge in [-0.3, -0.25) is 0 Å². The van der Waals surface area contributed by atoms with E-state index >= 15 is 0 Å². The number of sulfone groups is 1. The number of hydrogen-bond donors (Lipinski definition) is 1. The predicted octanol–water partition coefficient (Wildman–Crippen LogP) is 5.85. The van der Waals surface area contributed by atoms with Crippen LogP contribution in [-0.4, -0.2) is 46.1 Å². The lowest BCUT2D eigenvalue weighted by Gasteiger charge is -2.41. The van der Waals surface area contributed by atoms with Crippen molar-refractivity contribution in [3.63, 3.8) is 0 Å². The zero-order valence-corrected chi connectivity index (χ0v) is 24.2. The molecule has 0 aliphatic carbocycles. The van der Waals surface area contributed by atoms with Crippen molar-refractivity contribution in [1.82, 2.24) is 5.32 Å². The molecule has 0 unspecified atom stereocenters. The summed E-state index contributed by atoms with van der Waals surface area (Å²) in [5, 5.41) is 3.00. The molecule has 0 saturated heterocycles. The normalized spacial score (nSPS) is 14.3. The standard InChI is InChI=1S/C25H36BrNO5SSi/c1-19-12-14-21(15-13-19)33(29,30)18-23(32-34(5,6)25(2,3)4)22(16-26)27-24(28)31-17-20-10-8-7-9-11-20/h7-15,22-23H,16-18H2,1-6H3,(H,27,28)/t22-,23-/m1/s1. The van der Waals surface area contributed by atoms with E-state index in [1.807, 2.05) is 37.3 Å². The molecule has 0 radical (unpaired) electrons. The molecule has 2 rings (SSSR count). The fourth-order valence-corrected chi connectivity index (χ4v) is 6.53. The first-order valence-corrected chi connectivity index (χ1v) is 16.9. The Hall–Kier alpha value is -1.68. The van der Waals surface area contributed by atoms with Gasteiger partial charge < -0.3 is 14.5 Å². The Morgan fingerprint density at radius 3 is 2.18 bits per heavy atom. The van der Waals surface area contributed by atoms with Gasteiger partial charge in [0.2, 0.25) is 0 Å². The second-order valence-corrected chi connectivity index (χ2v) is 17.4. The molecule has 0 fully saturated rings. The third-order valence-corrected chi connectivity index (χ3v) is 13.1. The maximum atomic E-state index is 13.3. The van der Waals surface area contributed by atoms with Gasteiger partial charge in [0, 0.05) is 5.33 Å². The second kappa shape index (κ2) is 11.8. The maximum Gasteiger partial charge on any atom is 0.407 e. The van der Waals surface area contributed by atoms with Crippen molar-refractivity contribution in [2.24, 2.45) is 0 Å². The average molecular weight is 571 g/mol. The highest BCUT2D eigenvalue weighted by Gasteiger charge is 2.42. The van der Waals surface area contributed by atoms with Crippen molar-refractivity contribution < 1.29 is 22.4 Å². The highest BCUT2D eigenvalue weighted by molar-refractivity contribution is 9.09. The summed E-state index contributed by atoms with van der Waals surface area (Å²) in [4.78, 5) is 12.8. The fraction of sp³-hybridized carbons (Fsp3) is 0.480. The largest absolute Gasteiger partial charge is 0.445 e. The van der Waals surface area contributed by atoms with Gasteiger partial charge in [0.05, 0.1) is 22.8 Å². The number of aryl methyl sites for hydroxylation is 1. The molecule has 2 atom stereocenters. The molecule has 2 aromatic rings. The van der Waals surface area contributed by atoms with Crippen molar-refractivity contribution in [3.8, 4) is 0 Å². The molecule has 0 aromatic heterocycles. The lowest BCUT2D eigenvalue weighted by molar-refractivity contribution is 0.118. The Morgan fingerprint density at radius 2 is 1.65 bits per heavy atom. The number of benzene rings is 2. The Balaban J connectivity index is 2.24. The van der Waals surface area contributed by atoms with Crippen molar-refractivity contribution in [2.75, 3.05) is 11.1 Å². The first kappa shape index (κ1) is 28.6. The molecular weight excluding hydrogens is 534 g/mol. The molecule has 0 saturated carbocycles. The van der Waals surface area contributed by atoms with Crippen molar-refractivity contribution in [1.29, 1.82) is 0 Å². The van der Waals surface area contributed by atoms with Crippen molar-refractivity contribution in [2.45, 2.75) is 69.5 Å². The van der Waals surface area contributed by atoms with Crippen LogP contribution in [0.15, 0.2) is 59.5 Å². The number of nitrogens with one attached hydrogen (secondary N) is 1. The molecule has 9 heteroatoms. The molecule has 34 heavy (non-hydrogen) atoms. The van der Waals surface area contributed by atoms with E-state index in [9.17, 15) is 13.2 Å². The van der Waals surface area contributed by atoms with Crippen LogP contribution in [0, 0.1) is 6.92 Å². The third-order valence-electron chi connectivity index (χ3n) is 6.15. The van der Waals surface area contributed by atoms with E-state index in [1.54, 1.807) is 24.3 Å². The lowest BCUT2D eigenvalue weighted by atomic mass is 10.2. The van der Waals surface area contributed by atoms with Crippen molar-refractivity contribution in [3.05, 3.63) is 65.7 Å². The summed E-state index contributed by atoms with van der Waals surface area (Å²) < 4.78 is 38.5. The van der Waals surface area contributed by atoms with E-state index in [0.717, 1.165) is 11.1 Å². The molecule has 0 spiro atoms. The summed E-state index contributed by atoms with van der Waals surface area (Å²) >= 11 is 3.44. The molecular formula is C25H36BrNO5SSi. The summed E-state index contributed by atoms with van der Waals surface area (Å²) in [5.74, 6) is -0.252. The topological polar surface area (TPSA) is 81.7 Å². The van der Waals surface area contributed by atoms with Crippen LogP contribution in [0.25, 0.3) is 0 Å². The molecule has 1 N–H and O–H groups in total. The summed E-state index contributed by atoms with van der Waals surface area (Å²) in [6, 6.07) is 15.5. The molecule has 6 nitrogen and oxygen atoms in total. The number of amides is 1. The smallest absolute Gasteiger partial charge is 0.407 e. The van der Waals surface area contributed by atoms with Crippen LogP contribution in [-0.2, 0) is 25.6 Å². The number of ether oxygens (including phenoxy) is 1. The van der Waals surface area contributed by atoms with Gasteiger partial charge in [0.1, 0.15) is 6.61 Å². The first-order valence-electron chi connectivity index (χ1n) is 11.3. The Bertz CT molecular complexity index is 1040. The lowest BCUT2D eigenvalue weighted by Crippen LogP contribution is -2.54. The van der Waals surface area contributed by atoms with Gasteiger partial charge in [-0.1, -0.05) is 84.7 Å². The Kier molecular flexibility index (Phi) is 9.94. The molecule has 0 bridgehead atoms. The van der Waals surface area contributed by atoms with Crippen LogP contribution in [0.5, 0.6) is 0 Å². The van der Waals surface area contributed by atoms with Gasteiger partial charge in [-0.15, -0.1) is 0 Å². The number of hydrogen-bond acceptors (Lipinski definition) is 5. The third kappa shape index (κ3) is 8.22. The van der Waals surface area contributed by atoms with Crippen LogP contribution in [0.3, 0.4) is 0 Å². The van der Waals surface area contributed by atoms with Gasteiger partial charge in [-0.2, -0.15) is 0 Å². The maximum absolute atomic E-state index is 13.3. The number of alkyl halides is 1. The van der Waals surface area contributed by atoms with Gasteiger partial charge in [0.15, 0.2) is 18.2 Å². The van der Waals surface area contributed by atoms with Crippen LogP contribution < -0.4 is 5.32 Å². The first-order chi connectivity index (χ1) is 15.7. The quantitative estimate of drug-likeness (QED) is 0.286. The van der Waals surface area contributed by atoms with Gasteiger partial charge in [-0.25, -0.2) is 13.2 Å². The highest BCUT2D eigenvalue weighted by Crippen LogP contribution is 2.38. The summed E-state index contributed by atoms with van der Waals surface area (Å²) in [7, 11) is -6.01. The molecule has 2 aromatic carbocycles. The zero-order valence-electron chi connectivity index (χ0n) is 20.8. The van der Waals surface area contributed by atoms with Crippen molar-refractivity contribution >= 4 is 40.2 Å². The Morgan fingerprint density at radius 1 is 1.06 bits per heavy atom. The predicted molar refractivity (Wildman–Crippen MR) is 143 cm³/mol. The number of halogens is 1. The summed E-state index contributed by atoms with van der Waals surface area (Å²) in [6.07, 6.45) is -1.37. The van der Waals surface area contributed by atoms with Crippen LogP contribution in [0.1, 0.15) is 31.9 Å². The molecule has 0 aliphatic heterocycles. The summed E-state index contributed by atoms with van der Waals surface area (Å²) in [6.45, 7) is 12.4. The minimum absolute atomic E-state index is 0.122. The fourth-order valence-electron chi connectivity index (χ4n) is 2.99. The minimum Gasteiger partial charge on any atom is -0.445 e. The van der Waals surface area contributed by atoms with E-state index in [4.69, 9.17) is 9.16 Å². The average Bonchev–Trinajstić information content (AvgIpc) is 2.75. The number of carbonyl (C=O) groups is 1. The van der Waals surface area contributed by atoms with Crippen LogP contribution >= 0.6 is 15.9 Å². The van der Waals surface area contributed by atoms with Gasteiger partial charge >= 0.3 is 6.09 Å². The SMILES string of the molecule is Cc1ccc(S(=O)(=O)C[C@@H](O[Si](C)(C)C(C)(C)C)[C@@H](CBr)NC(=O)OCc2ccccc2)cc1. The minimum atomic E-state index is -3.66. The Labute approximate surface area is 213 Å². The monoisotopic (exact) mass is 569 g/mol.